The van der Waals surface area contributed by atoms with Gasteiger partial charge in [-0.15, -0.1) is 0 Å². The van der Waals surface area contributed by atoms with E-state index in [2.05, 4.69) is 14.8 Å². The van der Waals surface area contributed by atoms with Gasteiger partial charge in [0.15, 0.2) is 10.7 Å². The Kier molecular flexibility index (Phi) is 11.0. The first-order valence-electron chi connectivity index (χ1n) is 13.8. The Bertz CT molecular complexity index is 1230. The predicted octanol–water partition coefficient (Wildman–Crippen LogP) is 3.45. The molecule has 0 saturated carbocycles. The van der Waals surface area contributed by atoms with Crippen LogP contribution in [0.4, 0.5) is 5.69 Å². The lowest BCUT2D eigenvalue weighted by atomic mass is 10.0. The summed E-state index contributed by atoms with van der Waals surface area (Å²) in [6.07, 6.45) is 2.26. The molecule has 1 aliphatic rings. The maximum absolute atomic E-state index is 14.1. The number of hydrogen-bond donors (Lipinski definition) is 2. The van der Waals surface area contributed by atoms with E-state index < -0.39 is 16.1 Å². The normalized spacial score (nSPS) is 22.4. The van der Waals surface area contributed by atoms with Gasteiger partial charge < -0.3 is 28.9 Å². The molecule has 2 N–H and O–H groups in total. The standard InChI is InChI=1S/C28H44N4O7S/c1-18-15-32(19(2)17-33)28(34)24-14-23(30-40(35,36)27-21(4)29-39-22(27)5)11-12-25(24)38-20(3)10-8-9-13-37-26(18)16-31(6)7/h11-12,14,18-20,26,30,33H,8-10,13,15-17H2,1-7H3/t18-,19+,20+,26-/m1/s1. The van der Waals surface area contributed by atoms with Crippen LogP contribution in [0.1, 0.15) is 61.8 Å². The highest BCUT2D eigenvalue weighted by atomic mass is 32.2. The summed E-state index contributed by atoms with van der Waals surface area (Å²) >= 11 is 0. The van der Waals surface area contributed by atoms with Crippen molar-refractivity contribution in [3.05, 3.63) is 35.2 Å². The molecule has 0 radical (unpaired) electrons. The molecule has 1 amide bonds. The minimum absolute atomic E-state index is 0.0344. The third kappa shape index (κ3) is 7.96. The SMILES string of the molecule is Cc1noc(C)c1S(=O)(=O)Nc1ccc2c(c1)C(=O)N([C@@H](C)CO)C[C@@H](C)[C@@H](CN(C)C)OCCCC[C@H](C)O2. The predicted molar refractivity (Wildman–Crippen MR) is 152 cm³/mol. The summed E-state index contributed by atoms with van der Waals surface area (Å²) in [7, 11) is -0.0559. The van der Waals surface area contributed by atoms with E-state index in [0.29, 0.717) is 25.4 Å². The molecule has 2 heterocycles. The number of anilines is 1. The molecule has 2 aromatic rings. The number of aliphatic hydroxyl groups is 1. The topological polar surface area (TPSA) is 134 Å². The molecule has 224 valence electrons. The molecule has 1 aromatic heterocycles. The molecule has 12 heteroatoms. The fraction of sp³-hybridized carbons (Fsp3) is 0.643. The van der Waals surface area contributed by atoms with Gasteiger partial charge in [0.2, 0.25) is 0 Å². The second-order valence-corrected chi connectivity index (χ2v) is 12.7. The lowest BCUT2D eigenvalue weighted by Crippen LogP contribution is -2.47. The highest BCUT2D eigenvalue weighted by Gasteiger charge is 2.31. The number of carbonyl (C=O) groups is 1. The van der Waals surface area contributed by atoms with Crippen LogP contribution < -0.4 is 9.46 Å². The molecule has 0 spiro atoms. The maximum Gasteiger partial charge on any atom is 0.267 e. The zero-order chi connectivity index (χ0) is 29.6. The zero-order valence-electron chi connectivity index (χ0n) is 24.6. The Balaban J connectivity index is 2.04. The van der Waals surface area contributed by atoms with Crippen LogP contribution in [0, 0.1) is 19.8 Å². The molecule has 4 atom stereocenters. The molecule has 0 unspecified atom stereocenters. The first kappa shape index (κ1) is 31.9. The lowest BCUT2D eigenvalue weighted by Gasteiger charge is -2.35. The molecule has 0 saturated heterocycles. The van der Waals surface area contributed by atoms with E-state index in [1.54, 1.807) is 30.9 Å². The number of fused-ring (bicyclic) bond motifs is 1. The Morgan fingerprint density at radius 2 is 1.95 bits per heavy atom. The molecule has 1 aromatic carbocycles. The van der Waals surface area contributed by atoms with Gasteiger partial charge >= 0.3 is 0 Å². The number of aliphatic hydroxyl groups excluding tert-OH is 1. The number of hydrogen-bond acceptors (Lipinski definition) is 9. The number of ether oxygens (including phenoxy) is 2. The first-order valence-corrected chi connectivity index (χ1v) is 15.3. The Hall–Kier alpha value is -2.67. The number of nitrogens with one attached hydrogen (secondary N) is 1. The largest absolute Gasteiger partial charge is 0.490 e. The monoisotopic (exact) mass is 580 g/mol. The number of likely N-dealkylation sites (N-methyl/N-ethyl adjacent to an activating group) is 1. The maximum atomic E-state index is 14.1. The van der Waals surface area contributed by atoms with Crippen molar-refractivity contribution in [3.8, 4) is 5.75 Å². The molecule has 0 aliphatic carbocycles. The van der Waals surface area contributed by atoms with Crippen LogP contribution in [0.2, 0.25) is 0 Å². The second-order valence-electron chi connectivity index (χ2n) is 11.0. The van der Waals surface area contributed by atoms with Crippen molar-refractivity contribution in [2.75, 3.05) is 45.1 Å². The fourth-order valence-electron chi connectivity index (χ4n) is 4.87. The number of aromatic nitrogens is 1. The summed E-state index contributed by atoms with van der Waals surface area (Å²) < 4.78 is 46.4. The van der Waals surface area contributed by atoms with E-state index in [4.69, 9.17) is 14.0 Å². The van der Waals surface area contributed by atoms with E-state index in [1.165, 1.54) is 13.0 Å². The number of nitrogens with zero attached hydrogens (tertiary/aromatic N) is 3. The third-order valence-electron chi connectivity index (χ3n) is 7.09. The van der Waals surface area contributed by atoms with Crippen LogP contribution in [0.25, 0.3) is 0 Å². The highest BCUT2D eigenvalue weighted by Crippen LogP contribution is 2.30. The van der Waals surface area contributed by atoms with E-state index in [9.17, 15) is 18.3 Å². The van der Waals surface area contributed by atoms with Crippen molar-refractivity contribution >= 4 is 21.6 Å². The number of carbonyl (C=O) groups excluding carboxylic acids is 1. The molecule has 3 rings (SSSR count). The molecule has 11 nitrogen and oxygen atoms in total. The van der Waals surface area contributed by atoms with Crippen molar-refractivity contribution in [2.24, 2.45) is 5.92 Å². The Morgan fingerprint density at radius 3 is 2.58 bits per heavy atom. The molecule has 0 bridgehead atoms. The van der Waals surface area contributed by atoms with E-state index in [0.717, 1.165) is 19.3 Å². The van der Waals surface area contributed by atoms with Gasteiger partial charge in [-0.2, -0.15) is 0 Å². The summed E-state index contributed by atoms with van der Waals surface area (Å²) in [5.74, 6) is 0.129. The quantitative estimate of drug-likeness (QED) is 0.505. The number of rotatable bonds is 7. The number of aryl methyl sites for hydroxylation is 2. The third-order valence-corrected chi connectivity index (χ3v) is 8.71. The molecule has 40 heavy (non-hydrogen) atoms. The van der Waals surface area contributed by atoms with E-state index in [-0.39, 0.29) is 58.2 Å². The molecular weight excluding hydrogens is 536 g/mol. The van der Waals surface area contributed by atoms with Gasteiger partial charge in [-0.3, -0.25) is 9.52 Å². The number of amides is 1. The number of benzene rings is 1. The van der Waals surface area contributed by atoms with Gasteiger partial charge in [-0.1, -0.05) is 12.1 Å². The van der Waals surface area contributed by atoms with Crippen LogP contribution in [0.3, 0.4) is 0 Å². The van der Waals surface area contributed by atoms with Crippen molar-refractivity contribution in [3.63, 3.8) is 0 Å². The second kappa shape index (κ2) is 13.8. The van der Waals surface area contributed by atoms with Crippen molar-refractivity contribution in [1.82, 2.24) is 15.0 Å². The fourth-order valence-corrected chi connectivity index (χ4v) is 6.25. The highest BCUT2D eigenvalue weighted by molar-refractivity contribution is 7.92. The Labute approximate surface area is 237 Å². The summed E-state index contributed by atoms with van der Waals surface area (Å²) in [4.78, 5) is 17.8. The molecule has 1 aliphatic heterocycles. The average molecular weight is 581 g/mol. The van der Waals surface area contributed by atoms with Gasteiger partial charge in [0, 0.05) is 31.3 Å². The lowest BCUT2D eigenvalue weighted by molar-refractivity contribution is -0.0137. The van der Waals surface area contributed by atoms with E-state index >= 15 is 0 Å². The van der Waals surface area contributed by atoms with Crippen LogP contribution in [0.15, 0.2) is 27.6 Å². The van der Waals surface area contributed by atoms with E-state index in [1.807, 2.05) is 27.9 Å². The molecular formula is C28H44N4O7S. The summed E-state index contributed by atoms with van der Waals surface area (Å²) in [5.41, 5.74) is 0.645. The molecule has 0 fully saturated rings. The van der Waals surface area contributed by atoms with Gasteiger partial charge in [0.05, 0.1) is 30.4 Å². The first-order chi connectivity index (χ1) is 18.8. The summed E-state index contributed by atoms with van der Waals surface area (Å²) in [6, 6.07) is 4.18. The van der Waals surface area contributed by atoms with Crippen molar-refractivity contribution < 1.29 is 32.3 Å². The van der Waals surface area contributed by atoms with Gasteiger partial charge in [-0.25, -0.2) is 8.42 Å². The zero-order valence-corrected chi connectivity index (χ0v) is 25.5. The van der Waals surface area contributed by atoms with Crippen molar-refractivity contribution in [1.29, 1.82) is 0 Å². The summed E-state index contributed by atoms with van der Waals surface area (Å²) in [6.45, 7) is 10.3. The Morgan fingerprint density at radius 1 is 1.23 bits per heavy atom. The van der Waals surface area contributed by atoms with Crippen LogP contribution in [-0.2, 0) is 14.8 Å². The van der Waals surface area contributed by atoms with Crippen molar-refractivity contribution in [2.45, 2.75) is 77.0 Å². The van der Waals surface area contributed by atoms with Crippen LogP contribution in [-0.4, -0.2) is 93.0 Å². The smallest absolute Gasteiger partial charge is 0.267 e. The summed E-state index contributed by atoms with van der Waals surface area (Å²) in [5, 5.41) is 13.8. The van der Waals surface area contributed by atoms with Crippen LogP contribution >= 0.6 is 0 Å². The minimum atomic E-state index is -4.03. The minimum Gasteiger partial charge on any atom is -0.490 e. The van der Waals surface area contributed by atoms with Crippen LogP contribution in [0.5, 0.6) is 5.75 Å². The number of sulfonamides is 1. The van der Waals surface area contributed by atoms with Gasteiger partial charge in [0.1, 0.15) is 11.4 Å². The van der Waals surface area contributed by atoms with Gasteiger partial charge in [0.25, 0.3) is 15.9 Å². The average Bonchev–Trinajstić information content (AvgIpc) is 3.23. The van der Waals surface area contributed by atoms with Gasteiger partial charge in [-0.05, 0) is 79.3 Å².